The van der Waals surface area contributed by atoms with Gasteiger partial charge in [-0.25, -0.2) is 18.1 Å². The molecule has 0 radical (unpaired) electrons. The molecule has 4 rings (SSSR count). The zero-order valence-electron chi connectivity index (χ0n) is 17.6. The summed E-state index contributed by atoms with van der Waals surface area (Å²) in [4.78, 5) is 8.97. The van der Waals surface area contributed by atoms with Gasteiger partial charge in [-0.1, -0.05) is 0 Å². The van der Waals surface area contributed by atoms with Gasteiger partial charge in [-0.05, 0) is 98.0 Å². The van der Waals surface area contributed by atoms with E-state index in [1.54, 1.807) is 66.2 Å². The van der Waals surface area contributed by atoms with Crippen molar-refractivity contribution in [1.29, 1.82) is 0 Å². The third-order valence-electron chi connectivity index (χ3n) is 4.48. The quantitative estimate of drug-likeness (QED) is 0.340. The highest BCUT2D eigenvalue weighted by Gasteiger charge is 2.14. The number of aryl methyl sites for hydroxylation is 3. The number of nitrogens with zero attached hydrogens (tertiary/aromatic N) is 4. The van der Waals surface area contributed by atoms with Crippen molar-refractivity contribution in [3.05, 3.63) is 81.4 Å². The van der Waals surface area contributed by atoms with Gasteiger partial charge >= 0.3 is 0 Å². The van der Waals surface area contributed by atoms with Crippen molar-refractivity contribution < 1.29 is 13.2 Å². The molecule has 0 saturated carbocycles. The lowest BCUT2D eigenvalue weighted by atomic mass is 10.3. The van der Waals surface area contributed by atoms with Gasteiger partial charge in [0.25, 0.3) is 10.0 Å². The highest BCUT2D eigenvalue weighted by atomic mass is 127. The second kappa shape index (κ2) is 8.87. The van der Waals surface area contributed by atoms with Crippen LogP contribution < -0.4 is 9.46 Å². The Bertz CT molecular complexity index is 1370. The Morgan fingerprint density at radius 3 is 2.25 bits per heavy atom. The van der Waals surface area contributed by atoms with Gasteiger partial charge < -0.3 is 4.74 Å². The third kappa shape index (κ3) is 5.07. The molecule has 8 nitrogen and oxygen atoms in total. The van der Waals surface area contributed by atoms with Gasteiger partial charge in [0.2, 0.25) is 5.88 Å². The van der Waals surface area contributed by atoms with Crippen LogP contribution in [0.25, 0.3) is 5.82 Å². The van der Waals surface area contributed by atoms with Gasteiger partial charge in [0, 0.05) is 21.0 Å². The lowest BCUT2D eigenvalue weighted by Gasteiger charge is -2.11. The number of benzene rings is 2. The molecule has 2 aromatic carbocycles. The first-order valence-corrected chi connectivity index (χ1v) is 12.2. The number of sulfonamides is 1. The number of anilines is 1. The average molecular weight is 561 g/mol. The van der Waals surface area contributed by atoms with E-state index in [0.29, 0.717) is 29.0 Å². The summed E-state index contributed by atoms with van der Waals surface area (Å²) in [6, 6.07) is 16.9. The maximum Gasteiger partial charge on any atom is 0.261 e. The highest BCUT2D eigenvalue weighted by Crippen LogP contribution is 2.25. The number of nitrogens with one attached hydrogen (secondary N) is 1. The van der Waals surface area contributed by atoms with Crippen LogP contribution in [0.3, 0.4) is 0 Å². The summed E-state index contributed by atoms with van der Waals surface area (Å²) in [5.74, 6) is 2.04. The molecule has 2 aromatic heterocycles. The molecule has 0 bridgehead atoms. The Balaban J connectivity index is 1.52. The standard InChI is InChI=1S/C22H20IN5O3S/c1-14-12-15(2)28(26-14)21-13-22(25-16(3)24-21)31-19-8-6-18(7-9-19)27-32(29,30)20-10-4-17(23)5-11-20/h4-13,27H,1-3H3. The predicted molar refractivity (Wildman–Crippen MR) is 130 cm³/mol. The van der Waals surface area contributed by atoms with Crippen LogP contribution in [0.15, 0.2) is 65.6 Å². The van der Waals surface area contributed by atoms with E-state index in [1.807, 2.05) is 19.9 Å². The molecule has 0 spiro atoms. The molecule has 0 fully saturated rings. The van der Waals surface area contributed by atoms with Crippen LogP contribution in [-0.2, 0) is 10.0 Å². The second-order valence-electron chi connectivity index (χ2n) is 7.14. The van der Waals surface area contributed by atoms with Crippen LogP contribution in [0.1, 0.15) is 17.2 Å². The molecule has 0 atom stereocenters. The Kier molecular flexibility index (Phi) is 6.15. The monoisotopic (exact) mass is 561 g/mol. The smallest absolute Gasteiger partial charge is 0.261 e. The Hall–Kier alpha value is -2.99. The third-order valence-corrected chi connectivity index (χ3v) is 6.60. The lowest BCUT2D eigenvalue weighted by molar-refractivity contribution is 0.459. The minimum absolute atomic E-state index is 0.200. The molecule has 1 N–H and O–H groups in total. The summed E-state index contributed by atoms with van der Waals surface area (Å²) in [6.45, 7) is 5.65. The van der Waals surface area contributed by atoms with Gasteiger partial charge in [0.05, 0.1) is 10.6 Å². The second-order valence-corrected chi connectivity index (χ2v) is 10.1. The molecule has 0 aliphatic heterocycles. The molecular weight excluding hydrogens is 541 g/mol. The number of halogens is 1. The number of hydrogen-bond donors (Lipinski definition) is 1. The van der Waals surface area contributed by atoms with E-state index in [0.717, 1.165) is 15.0 Å². The van der Waals surface area contributed by atoms with Gasteiger partial charge in [-0.3, -0.25) is 4.72 Å². The summed E-state index contributed by atoms with van der Waals surface area (Å²) >= 11 is 2.13. The van der Waals surface area contributed by atoms with Crippen LogP contribution in [-0.4, -0.2) is 28.2 Å². The SMILES string of the molecule is Cc1cc(C)n(-c2cc(Oc3ccc(NS(=O)(=O)c4ccc(I)cc4)cc3)nc(C)n2)n1. The van der Waals surface area contributed by atoms with Crippen molar-refractivity contribution in [3.8, 4) is 17.4 Å². The van der Waals surface area contributed by atoms with Crippen molar-refractivity contribution >= 4 is 38.3 Å². The maximum absolute atomic E-state index is 12.6. The zero-order chi connectivity index (χ0) is 22.9. The summed E-state index contributed by atoms with van der Waals surface area (Å²) in [5, 5.41) is 4.45. The van der Waals surface area contributed by atoms with E-state index in [2.05, 4.69) is 42.4 Å². The number of rotatable bonds is 6. The van der Waals surface area contributed by atoms with E-state index in [9.17, 15) is 8.42 Å². The molecule has 0 aliphatic carbocycles. The fraction of sp³-hybridized carbons (Fsp3) is 0.136. The molecule has 0 saturated heterocycles. The van der Waals surface area contributed by atoms with Crippen LogP contribution in [0.5, 0.6) is 11.6 Å². The van der Waals surface area contributed by atoms with Crippen molar-refractivity contribution in [1.82, 2.24) is 19.7 Å². The highest BCUT2D eigenvalue weighted by molar-refractivity contribution is 14.1. The molecule has 0 amide bonds. The molecule has 2 heterocycles. The molecular formula is C22H20IN5O3S. The maximum atomic E-state index is 12.6. The summed E-state index contributed by atoms with van der Waals surface area (Å²) in [7, 11) is -3.67. The van der Waals surface area contributed by atoms with Crippen LogP contribution in [0.4, 0.5) is 5.69 Å². The topological polar surface area (TPSA) is 99.0 Å². The average Bonchev–Trinajstić information content (AvgIpc) is 3.07. The van der Waals surface area contributed by atoms with E-state index in [-0.39, 0.29) is 4.90 Å². The van der Waals surface area contributed by atoms with Crippen molar-refractivity contribution in [2.24, 2.45) is 0 Å². The van der Waals surface area contributed by atoms with Crippen molar-refractivity contribution in [2.45, 2.75) is 25.7 Å². The Morgan fingerprint density at radius 1 is 0.938 bits per heavy atom. The van der Waals surface area contributed by atoms with E-state index >= 15 is 0 Å². The molecule has 10 heteroatoms. The first-order valence-electron chi connectivity index (χ1n) is 9.65. The zero-order valence-corrected chi connectivity index (χ0v) is 20.5. The van der Waals surface area contributed by atoms with Gasteiger partial charge in [0.15, 0.2) is 5.82 Å². The molecule has 0 unspecified atom stereocenters. The Morgan fingerprint density at radius 2 is 1.62 bits per heavy atom. The normalized spacial score (nSPS) is 11.4. The van der Waals surface area contributed by atoms with Crippen LogP contribution >= 0.6 is 22.6 Å². The first-order chi connectivity index (χ1) is 15.2. The van der Waals surface area contributed by atoms with E-state index in [1.165, 1.54) is 0 Å². The Labute approximate surface area is 199 Å². The molecule has 32 heavy (non-hydrogen) atoms. The van der Waals surface area contributed by atoms with Crippen molar-refractivity contribution in [2.75, 3.05) is 4.72 Å². The van der Waals surface area contributed by atoms with Crippen molar-refractivity contribution in [3.63, 3.8) is 0 Å². The number of aromatic nitrogens is 4. The first kappa shape index (κ1) is 22.2. The lowest BCUT2D eigenvalue weighted by Crippen LogP contribution is -2.12. The van der Waals surface area contributed by atoms with Crippen LogP contribution in [0.2, 0.25) is 0 Å². The minimum Gasteiger partial charge on any atom is -0.439 e. The van der Waals surface area contributed by atoms with Gasteiger partial charge in [-0.2, -0.15) is 10.1 Å². The largest absolute Gasteiger partial charge is 0.439 e. The molecule has 4 aromatic rings. The van der Waals surface area contributed by atoms with Crippen LogP contribution in [0, 0.1) is 24.3 Å². The van der Waals surface area contributed by atoms with Gasteiger partial charge in [0.1, 0.15) is 11.6 Å². The molecule has 0 aliphatic rings. The fourth-order valence-corrected chi connectivity index (χ4v) is 4.50. The van der Waals surface area contributed by atoms with E-state index in [4.69, 9.17) is 4.74 Å². The predicted octanol–water partition coefficient (Wildman–Crippen LogP) is 4.79. The summed E-state index contributed by atoms with van der Waals surface area (Å²) in [6.07, 6.45) is 0. The fourth-order valence-electron chi connectivity index (χ4n) is 3.09. The number of hydrogen-bond acceptors (Lipinski definition) is 6. The molecule has 164 valence electrons. The minimum atomic E-state index is -3.67. The van der Waals surface area contributed by atoms with E-state index < -0.39 is 10.0 Å². The summed E-state index contributed by atoms with van der Waals surface area (Å²) < 4.78 is 36.3. The number of ether oxygens (including phenoxy) is 1. The van der Waals surface area contributed by atoms with Gasteiger partial charge in [-0.15, -0.1) is 0 Å². The summed E-state index contributed by atoms with van der Waals surface area (Å²) in [5.41, 5.74) is 2.28.